The quantitative estimate of drug-likeness (QED) is 0.397. The topological polar surface area (TPSA) is 118 Å². The molecule has 0 spiro atoms. The molecule has 0 radical (unpaired) electrons. The molecule has 2 N–H and O–H groups in total. The summed E-state index contributed by atoms with van der Waals surface area (Å²) in [4.78, 5) is 22.3. The first-order valence-corrected chi connectivity index (χ1v) is 11.0. The van der Waals surface area contributed by atoms with Crippen molar-refractivity contribution >= 4 is 38.9 Å². The minimum Gasteiger partial charge on any atom is -0.346 e. The minimum absolute atomic E-state index is 0.149. The highest BCUT2D eigenvalue weighted by Crippen LogP contribution is 2.28. The van der Waals surface area contributed by atoms with E-state index < -0.39 is 25.5 Å². The zero-order chi connectivity index (χ0) is 22.6. The molecule has 0 aliphatic carbocycles. The highest BCUT2D eigenvalue weighted by Gasteiger charge is 2.22. The summed E-state index contributed by atoms with van der Waals surface area (Å²) in [6.45, 7) is 1.86. The van der Waals surface area contributed by atoms with Crippen molar-refractivity contribution in [2.24, 2.45) is 0 Å². The van der Waals surface area contributed by atoms with Gasteiger partial charge in [0.05, 0.1) is 16.0 Å². The maximum absolute atomic E-state index is 12.6. The second-order valence-electron chi connectivity index (χ2n) is 6.66. The number of nitrogens with zero attached hydrogens (tertiary/aromatic N) is 1. The van der Waals surface area contributed by atoms with Crippen molar-refractivity contribution in [3.05, 3.63) is 99.1 Å². The largest absolute Gasteiger partial charge is 0.346 e. The van der Waals surface area contributed by atoms with Gasteiger partial charge in [-0.15, -0.1) is 0 Å². The van der Waals surface area contributed by atoms with Crippen LogP contribution < -0.4 is 10.0 Å². The van der Waals surface area contributed by atoms with Crippen molar-refractivity contribution in [2.45, 2.75) is 17.9 Å². The maximum atomic E-state index is 12.6. The highest BCUT2D eigenvalue weighted by molar-refractivity contribution is 7.92. The van der Waals surface area contributed by atoms with E-state index in [4.69, 9.17) is 11.6 Å². The van der Waals surface area contributed by atoms with Crippen LogP contribution in [0.2, 0.25) is 5.02 Å². The van der Waals surface area contributed by atoms with E-state index in [2.05, 4.69) is 10.0 Å². The summed E-state index contributed by atoms with van der Waals surface area (Å²) >= 11 is 5.92. The van der Waals surface area contributed by atoms with Crippen LogP contribution in [0.25, 0.3) is 0 Å². The molecule has 0 bridgehead atoms. The molecule has 160 valence electrons. The molecular weight excluding hydrogens is 442 g/mol. The number of amides is 1. The number of hydrogen-bond donors (Lipinski definition) is 2. The molecule has 0 heterocycles. The van der Waals surface area contributed by atoms with E-state index >= 15 is 0 Å². The number of benzene rings is 3. The molecule has 3 rings (SSSR count). The molecule has 0 aromatic heterocycles. The first-order chi connectivity index (χ1) is 14.7. The van der Waals surface area contributed by atoms with Crippen LogP contribution in [0.15, 0.2) is 77.7 Å². The van der Waals surface area contributed by atoms with Gasteiger partial charge in [-0.1, -0.05) is 41.9 Å². The lowest BCUT2D eigenvalue weighted by atomic mass is 10.1. The fraction of sp³-hybridized carbons (Fsp3) is 0.0952. The molecule has 0 fully saturated rings. The first-order valence-electron chi connectivity index (χ1n) is 9.10. The summed E-state index contributed by atoms with van der Waals surface area (Å²) in [6, 6.07) is 18.2. The predicted molar refractivity (Wildman–Crippen MR) is 118 cm³/mol. The van der Waals surface area contributed by atoms with E-state index in [9.17, 15) is 23.3 Å². The summed E-state index contributed by atoms with van der Waals surface area (Å²) in [7, 11) is -4.18. The van der Waals surface area contributed by atoms with Gasteiger partial charge in [0.2, 0.25) is 0 Å². The standard InChI is InChI=1S/C21H18ClN3O5S/c1-14(15-5-3-2-4-6-15)23-21(26)16-7-9-17(10-8-16)24-31(29,30)20-13-18(25(27)28)11-12-19(20)22/h2-14,24H,1H3,(H,23,26). The Morgan fingerprint density at radius 2 is 1.68 bits per heavy atom. The van der Waals surface area contributed by atoms with Crippen molar-refractivity contribution in [2.75, 3.05) is 4.72 Å². The van der Waals surface area contributed by atoms with Crippen molar-refractivity contribution in [3.8, 4) is 0 Å². The molecule has 0 saturated heterocycles. The van der Waals surface area contributed by atoms with Gasteiger partial charge in [0.15, 0.2) is 0 Å². The third-order valence-corrected chi connectivity index (χ3v) is 6.32. The number of hydrogen-bond acceptors (Lipinski definition) is 5. The Labute approximate surface area is 184 Å². The fourth-order valence-corrected chi connectivity index (χ4v) is 4.40. The lowest BCUT2D eigenvalue weighted by Gasteiger charge is -2.14. The van der Waals surface area contributed by atoms with Crippen molar-refractivity contribution in [1.29, 1.82) is 0 Å². The van der Waals surface area contributed by atoms with E-state index in [1.807, 2.05) is 37.3 Å². The maximum Gasteiger partial charge on any atom is 0.270 e. The number of anilines is 1. The van der Waals surface area contributed by atoms with Gasteiger partial charge >= 0.3 is 0 Å². The number of sulfonamides is 1. The average molecular weight is 460 g/mol. The third kappa shape index (κ3) is 5.39. The number of non-ortho nitro benzene ring substituents is 1. The summed E-state index contributed by atoms with van der Waals surface area (Å²) in [6.07, 6.45) is 0. The number of nitrogens with one attached hydrogen (secondary N) is 2. The number of rotatable bonds is 7. The molecule has 10 heteroatoms. The molecule has 3 aromatic carbocycles. The van der Waals surface area contributed by atoms with Gasteiger partial charge < -0.3 is 5.32 Å². The predicted octanol–water partition coefficient (Wildman–Crippen LogP) is 4.54. The Morgan fingerprint density at radius 1 is 1.03 bits per heavy atom. The molecule has 0 aliphatic rings. The molecule has 1 atom stereocenters. The molecule has 0 saturated carbocycles. The van der Waals surface area contributed by atoms with Gasteiger partial charge in [-0.3, -0.25) is 19.6 Å². The van der Waals surface area contributed by atoms with Gasteiger partial charge in [0, 0.05) is 23.4 Å². The Morgan fingerprint density at radius 3 is 2.29 bits per heavy atom. The van der Waals surface area contributed by atoms with Gasteiger partial charge in [-0.2, -0.15) is 0 Å². The van der Waals surface area contributed by atoms with Crippen molar-refractivity contribution in [3.63, 3.8) is 0 Å². The Bertz CT molecular complexity index is 1220. The highest BCUT2D eigenvalue weighted by atomic mass is 35.5. The summed E-state index contributed by atoms with van der Waals surface area (Å²) < 4.78 is 27.5. The van der Waals surface area contributed by atoms with Crippen LogP contribution in [0.3, 0.4) is 0 Å². The molecule has 8 nitrogen and oxygen atoms in total. The normalized spacial score (nSPS) is 12.1. The second kappa shape index (κ2) is 9.15. The summed E-state index contributed by atoms with van der Waals surface area (Å²) in [5, 5.41) is 13.6. The first kappa shape index (κ1) is 22.3. The fourth-order valence-electron chi connectivity index (χ4n) is 2.82. The van der Waals surface area contributed by atoms with Gasteiger partial charge in [0.25, 0.3) is 21.6 Å². The zero-order valence-electron chi connectivity index (χ0n) is 16.3. The van der Waals surface area contributed by atoms with Gasteiger partial charge in [-0.05, 0) is 42.8 Å². The SMILES string of the molecule is CC(NC(=O)c1ccc(NS(=O)(=O)c2cc([N+](=O)[O-])ccc2Cl)cc1)c1ccccc1. The van der Waals surface area contributed by atoms with E-state index in [1.54, 1.807) is 0 Å². The lowest BCUT2D eigenvalue weighted by molar-refractivity contribution is -0.385. The number of halogens is 1. The molecular formula is C21H18ClN3O5S. The second-order valence-corrected chi connectivity index (χ2v) is 8.72. The lowest BCUT2D eigenvalue weighted by Crippen LogP contribution is -2.26. The van der Waals surface area contributed by atoms with Gasteiger partial charge in [0.1, 0.15) is 4.90 Å². The molecule has 1 amide bonds. The smallest absolute Gasteiger partial charge is 0.270 e. The average Bonchev–Trinajstić information content (AvgIpc) is 2.74. The Kier molecular flexibility index (Phi) is 6.57. The third-order valence-electron chi connectivity index (χ3n) is 4.46. The molecule has 0 aliphatic heterocycles. The van der Waals surface area contributed by atoms with Crippen molar-refractivity contribution in [1.82, 2.24) is 5.32 Å². The van der Waals surface area contributed by atoms with Crippen LogP contribution in [0.4, 0.5) is 11.4 Å². The zero-order valence-corrected chi connectivity index (χ0v) is 17.9. The Hall–Kier alpha value is -3.43. The van der Waals surface area contributed by atoms with Crippen LogP contribution in [-0.4, -0.2) is 19.2 Å². The minimum atomic E-state index is -4.18. The molecule has 1 unspecified atom stereocenters. The summed E-state index contributed by atoms with van der Waals surface area (Å²) in [5.74, 6) is -0.313. The van der Waals surface area contributed by atoms with E-state index in [-0.39, 0.29) is 22.7 Å². The number of carbonyl (C=O) groups excluding carboxylic acids is 1. The van der Waals surface area contributed by atoms with Crippen molar-refractivity contribution < 1.29 is 18.1 Å². The number of carbonyl (C=O) groups is 1. The van der Waals surface area contributed by atoms with E-state index in [1.165, 1.54) is 24.3 Å². The van der Waals surface area contributed by atoms with Gasteiger partial charge in [-0.25, -0.2) is 8.42 Å². The Balaban J connectivity index is 1.74. The van der Waals surface area contributed by atoms with Crippen LogP contribution in [-0.2, 0) is 10.0 Å². The van der Waals surface area contributed by atoms with Crippen LogP contribution in [0.1, 0.15) is 28.9 Å². The van der Waals surface area contributed by atoms with Crippen LogP contribution in [0, 0.1) is 10.1 Å². The van der Waals surface area contributed by atoms with E-state index in [0.29, 0.717) is 5.56 Å². The van der Waals surface area contributed by atoms with Crippen LogP contribution >= 0.6 is 11.6 Å². The van der Waals surface area contributed by atoms with E-state index in [0.717, 1.165) is 23.8 Å². The number of nitro benzene ring substituents is 1. The van der Waals surface area contributed by atoms with Crippen LogP contribution in [0.5, 0.6) is 0 Å². The monoisotopic (exact) mass is 459 g/mol. The summed E-state index contributed by atoms with van der Waals surface area (Å²) in [5.41, 5.74) is 1.08. The molecule has 3 aromatic rings. The molecule has 31 heavy (non-hydrogen) atoms. The number of nitro groups is 1.